The van der Waals surface area contributed by atoms with E-state index in [0.717, 1.165) is 18.2 Å². The molecule has 2 amide bonds. The summed E-state index contributed by atoms with van der Waals surface area (Å²) in [6, 6.07) is 4.77. The fourth-order valence-corrected chi connectivity index (χ4v) is 5.43. The highest BCUT2D eigenvalue weighted by Gasteiger charge is 2.42. The van der Waals surface area contributed by atoms with Gasteiger partial charge in [0.25, 0.3) is 5.91 Å². The van der Waals surface area contributed by atoms with Crippen LogP contribution in [0.3, 0.4) is 0 Å². The Morgan fingerprint density at radius 3 is 2.58 bits per heavy atom. The molecule has 0 saturated carbocycles. The van der Waals surface area contributed by atoms with Gasteiger partial charge in [-0.2, -0.15) is 32.6 Å². The molecule has 2 aliphatic rings. The molecule has 0 bridgehead atoms. The van der Waals surface area contributed by atoms with Crippen LogP contribution in [0, 0.1) is 0 Å². The third-order valence-corrected chi connectivity index (χ3v) is 7.82. The number of carbonyl (C=O) groups excluding carboxylic acids is 1. The van der Waals surface area contributed by atoms with E-state index in [1.54, 1.807) is 12.3 Å². The predicted octanol–water partition coefficient (Wildman–Crippen LogP) is 2.30. The molecule has 17 nitrogen and oxygen atoms in total. The lowest BCUT2D eigenvalue weighted by Crippen LogP contribution is -2.66. The van der Waals surface area contributed by atoms with Crippen molar-refractivity contribution in [3.8, 4) is 22.8 Å². The minimum atomic E-state index is -3.27. The molecule has 5 aromatic rings. The predicted molar refractivity (Wildman–Crippen MR) is 153 cm³/mol. The van der Waals surface area contributed by atoms with Gasteiger partial charge in [0.05, 0.1) is 23.5 Å². The molecule has 2 aliphatic heterocycles. The van der Waals surface area contributed by atoms with E-state index in [9.17, 15) is 27.2 Å². The van der Waals surface area contributed by atoms with Gasteiger partial charge in [-0.3, -0.25) is 14.4 Å². The normalized spacial score (nSPS) is 15.6. The zero-order valence-electron chi connectivity index (χ0n) is 24.5. The smallest absolute Gasteiger partial charge is 0.407 e. The van der Waals surface area contributed by atoms with Crippen molar-refractivity contribution in [2.24, 2.45) is 0 Å². The Labute approximate surface area is 266 Å². The molecule has 21 heteroatoms. The van der Waals surface area contributed by atoms with E-state index in [2.05, 4.69) is 50.3 Å². The highest BCUT2D eigenvalue weighted by Crippen LogP contribution is 2.38. The first-order chi connectivity index (χ1) is 23.1. The van der Waals surface area contributed by atoms with Gasteiger partial charge >= 0.3 is 19.3 Å². The maximum atomic E-state index is 13.4. The van der Waals surface area contributed by atoms with Gasteiger partial charge in [0.1, 0.15) is 29.3 Å². The Kier molecular flexibility index (Phi) is 7.94. The summed E-state index contributed by atoms with van der Waals surface area (Å²) in [6.07, 6.45) is 4.79. The van der Waals surface area contributed by atoms with Gasteiger partial charge in [0.15, 0.2) is 11.5 Å². The number of rotatable bonds is 11. The third-order valence-electron chi connectivity index (χ3n) is 7.82. The monoisotopic (exact) mass is 672 g/mol. The number of fused-ring (bicyclic) bond motifs is 1. The van der Waals surface area contributed by atoms with Gasteiger partial charge in [-0.05, 0) is 29.5 Å². The number of aromatic nitrogens is 9. The van der Waals surface area contributed by atoms with E-state index in [0.29, 0.717) is 26.2 Å². The molecular weight excluding hydrogens is 648 g/mol. The molecule has 0 aliphatic carbocycles. The summed E-state index contributed by atoms with van der Waals surface area (Å²) < 4.78 is 64.7. The lowest BCUT2D eigenvalue weighted by atomic mass is 10.0. The molecule has 250 valence electrons. The second kappa shape index (κ2) is 12.4. The minimum Gasteiger partial charge on any atom is -0.465 e. The molecule has 2 saturated heterocycles. The van der Waals surface area contributed by atoms with Gasteiger partial charge in [-0.1, -0.05) is 0 Å². The number of nitrogens with zero attached hydrogens (tertiary/aromatic N) is 11. The average molecular weight is 673 g/mol. The molecule has 2 fully saturated rings. The Hall–Kier alpha value is -5.86. The molecule has 0 radical (unpaired) electrons. The zero-order chi connectivity index (χ0) is 33.5. The van der Waals surface area contributed by atoms with E-state index in [4.69, 9.17) is 5.11 Å². The van der Waals surface area contributed by atoms with E-state index < -0.39 is 31.0 Å². The Balaban J connectivity index is 1.15. The van der Waals surface area contributed by atoms with Gasteiger partial charge in [0.2, 0.25) is 0 Å². The molecule has 0 unspecified atom stereocenters. The SMILES string of the molecule is O=C(Nc1cn(Cc2nnn(C3CN(C4CN(C(=O)O)C4)C3)n2)nc1-c1cc(OC(F)F)ccc1OC(F)F)c1cnn2cccnc12. The summed E-state index contributed by atoms with van der Waals surface area (Å²) >= 11 is 0. The number of benzene rings is 1. The largest absolute Gasteiger partial charge is 0.465 e. The van der Waals surface area contributed by atoms with E-state index in [1.165, 1.54) is 37.5 Å². The van der Waals surface area contributed by atoms with E-state index in [1.807, 2.05) is 0 Å². The molecule has 6 heterocycles. The van der Waals surface area contributed by atoms with Gasteiger partial charge in [-0.25, -0.2) is 14.3 Å². The Morgan fingerprint density at radius 1 is 1.04 bits per heavy atom. The van der Waals surface area contributed by atoms with Crippen molar-refractivity contribution in [1.82, 2.24) is 54.4 Å². The van der Waals surface area contributed by atoms with Crippen molar-refractivity contribution in [2.45, 2.75) is 31.9 Å². The van der Waals surface area contributed by atoms with E-state index >= 15 is 0 Å². The van der Waals surface area contributed by atoms with Crippen LogP contribution in [0.2, 0.25) is 0 Å². The topological polar surface area (TPSA) is 183 Å². The highest BCUT2D eigenvalue weighted by atomic mass is 19.3. The molecule has 4 aromatic heterocycles. The maximum Gasteiger partial charge on any atom is 0.407 e. The Bertz CT molecular complexity index is 1970. The van der Waals surface area contributed by atoms with Gasteiger partial charge in [-0.15, -0.1) is 10.2 Å². The first kappa shape index (κ1) is 30.8. The van der Waals surface area contributed by atoms with Crippen molar-refractivity contribution >= 4 is 23.3 Å². The number of alkyl halides is 4. The first-order valence-corrected chi connectivity index (χ1v) is 14.3. The van der Waals surface area contributed by atoms with Crippen LogP contribution in [-0.2, 0) is 6.54 Å². The van der Waals surface area contributed by atoms with Crippen molar-refractivity contribution < 1.29 is 41.7 Å². The van der Waals surface area contributed by atoms with Crippen LogP contribution in [0.4, 0.5) is 28.0 Å². The second-order valence-corrected chi connectivity index (χ2v) is 10.9. The number of halogens is 4. The number of tetrazole rings is 1. The van der Waals surface area contributed by atoms with Crippen LogP contribution < -0.4 is 14.8 Å². The van der Waals surface area contributed by atoms with E-state index in [-0.39, 0.29) is 58.4 Å². The Morgan fingerprint density at radius 2 is 1.83 bits per heavy atom. The minimum absolute atomic E-state index is 0.00141. The van der Waals surface area contributed by atoms with Crippen LogP contribution in [0.1, 0.15) is 22.2 Å². The molecule has 0 spiro atoms. The molecule has 0 atom stereocenters. The zero-order valence-corrected chi connectivity index (χ0v) is 24.5. The van der Waals surface area contributed by atoms with Crippen molar-refractivity contribution in [3.63, 3.8) is 0 Å². The fraction of sp³-hybridized carbons (Fsp3) is 0.333. The number of hydrogen-bond donors (Lipinski definition) is 2. The number of anilines is 1. The lowest BCUT2D eigenvalue weighted by molar-refractivity contribution is -0.0526. The standard InChI is InChI=1S/C27H24F4N12O5/c28-25(29)47-16-2-3-20(48-26(30)31)17(6-16)22-19(34-24(44)18-7-33-42-5-1-4-32-23(18)42)12-41(37-22)13-21-35-38-43(36-21)15-10-39(11-15)14-8-40(9-14)27(45)46/h1-7,12,14-15,25-26H,8-11,13H2,(H,34,44)(H,45,46). The fourth-order valence-electron chi connectivity index (χ4n) is 5.43. The summed E-state index contributed by atoms with van der Waals surface area (Å²) in [5.41, 5.74) is 0.0430. The van der Waals surface area contributed by atoms with Crippen LogP contribution in [0.25, 0.3) is 16.9 Å². The number of likely N-dealkylation sites (tertiary alicyclic amines) is 2. The molecule has 48 heavy (non-hydrogen) atoms. The average Bonchev–Trinajstić information content (AvgIpc) is 3.72. The number of amides is 2. The summed E-state index contributed by atoms with van der Waals surface area (Å²) in [7, 11) is 0. The third kappa shape index (κ3) is 6.13. The number of carboxylic acid groups (broad SMARTS) is 1. The molecule has 7 rings (SSSR count). The number of hydrogen-bond acceptors (Lipinski definition) is 11. The molecular formula is C27H24F4N12O5. The molecule has 1 aromatic carbocycles. The number of nitrogens with one attached hydrogen (secondary N) is 1. The van der Waals surface area contributed by atoms with Gasteiger partial charge < -0.3 is 24.8 Å². The number of carbonyl (C=O) groups is 2. The van der Waals surface area contributed by atoms with Crippen molar-refractivity contribution in [1.29, 1.82) is 0 Å². The first-order valence-electron chi connectivity index (χ1n) is 14.3. The quantitative estimate of drug-likeness (QED) is 0.196. The highest BCUT2D eigenvalue weighted by molar-refractivity contribution is 6.09. The van der Waals surface area contributed by atoms with Crippen LogP contribution in [0.15, 0.2) is 49.1 Å². The van der Waals surface area contributed by atoms with Crippen LogP contribution in [0.5, 0.6) is 11.5 Å². The van der Waals surface area contributed by atoms with Crippen LogP contribution >= 0.6 is 0 Å². The summed E-state index contributed by atoms with van der Waals surface area (Å²) in [5.74, 6) is -1.22. The summed E-state index contributed by atoms with van der Waals surface area (Å²) in [5, 5.41) is 32.9. The van der Waals surface area contributed by atoms with Crippen molar-refractivity contribution in [3.05, 3.63) is 60.4 Å². The molecule has 2 N–H and O–H groups in total. The maximum absolute atomic E-state index is 13.4. The second-order valence-electron chi connectivity index (χ2n) is 10.9. The number of ether oxygens (including phenoxy) is 2. The van der Waals surface area contributed by atoms with Crippen LogP contribution in [-0.4, -0.2) is 117 Å². The summed E-state index contributed by atoms with van der Waals surface area (Å²) in [6.45, 7) is -4.45. The van der Waals surface area contributed by atoms with Crippen molar-refractivity contribution in [2.75, 3.05) is 31.5 Å². The van der Waals surface area contributed by atoms with Gasteiger partial charge in [0, 0.05) is 50.8 Å². The summed E-state index contributed by atoms with van der Waals surface area (Å²) in [4.78, 5) is 33.5. The lowest BCUT2D eigenvalue weighted by Gasteiger charge is -2.50.